The zero-order chi connectivity index (χ0) is 7.65. The van der Waals surface area contributed by atoms with Gasteiger partial charge in [0.05, 0.1) is 0 Å². The largest absolute Gasteiger partial charge is 0.762 e. The summed E-state index contributed by atoms with van der Waals surface area (Å²) in [6, 6.07) is -0.350. The van der Waals surface area contributed by atoms with E-state index in [9.17, 15) is 5.21 Å². The first-order valence-corrected chi connectivity index (χ1v) is 3.01. The van der Waals surface area contributed by atoms with Crippen LogP contribution in [0.25, 0.3) is 0 Å². The highest BCUT2D eigenvalue weighted by Gasteiger charge is 2.19. The maximum absolute atomic E-state index is 10.3. The smallest absolute Gasteiger partial charge is 0.0236 e. The molecule has 0 fully saturated rings. The minimum Gasteiger partial charge on any atom is -0.762 e. The molecule has 0 rings (SSSR count). The lowest BCUT2D eigenvalue weighted by Gasteiger charge is -2.37. The molecule has 0 saturated carbocycles. The molecule has 0 radical (unpaired) electrons. The monoisotopic (exact) mass is 132 g/mol. The van der Waals surface area contributed by atoms with E-state index in [1.54, 1.807) is 6.92 Å². The summed E-state index contributed by atoms with van der Waals surface area (Å²) < 4.78 is 0. The van der Waals surface area contributed by atoms with Gasteiger partial charge in [0.15, 0.2) is 0 Å². The Morgan fingerprint density at radius 2 is 1.78 bits per heavy atom. The second-order valence-corrected chi connectivity index (χ2v) is 3.34. The van der Waals surface area contributed by atoms with Crippen LogP contribution in [0.15, 0.2) is 0 Å². The SMILES string of the molecule is C[C@H](N([O-])O)C(C)(C)C. The van der Waals surface area contributed by atoms with Crippen molar-refractivity contribution < 1.29 is 5.21 Å². The van der Waals surface area contributed by atoms with Crippen molar-refractivity contribution in [3.8, 4) is 0 Å². The second-order valence-electron chi connectivity index (χ2n) is 3.34. The van der Waals surface area contributed by atoms with Crippen molar-refractivity contribution in [1.82, 2.24) is 5.23 Å². The van der Waals surface area contributed by atoms with Crippen LogP contribution in [0.5, 0.6) is 0 Å². The summed E-state index contributed by atoms with van der Waals surface area (Å²) in [6.45, 7) is 7.39. The van der Waals surface area contributed by atoms with E-state index in [2.05, 4.69) is 0 Å². The van der Waals surface area contributed by atoms with Gasteiger partial charge in [0, 0.05) is 6.04 Å². The predicted molar refractivity (Wildman–Crippen MR) is 35.9 cm³/mol. The van der Waals surface area contributed by atoms with E-state index in [0.29, 0.717) is 0 Å². The van der Waals surface area contributed by atoms with Crippen molar-refractivity contribution >= 4 is 0 Å². The first kappa shape index (κ1) is 8.88. The zero-order valence-corrected chi connectivity index (χ0v) is 6.38. The molecule has 0 saturated heterocycles. The molecule has 3 heteroatoms. The van der Waals surface area contributed by atoms with Crippen molar-refractivity contribution in [2.75, 3.05) is 0 Å². The number of nitrogens with zero attached hydrogens (tertiary/aromatic N) is 1. The lowest BCUT2D eigenvalue weighted by atomic mass is 9.88. The Labute approximate surface area is 55.8 Å². The Kier molecular flexibility index (Phi) is 2.61. The van der Waals surface area contributed by atoms with Crippen molar-refractivity contribution in [2.24, 2.45) is 5.41 Å². The molecule has 1 N–H and O–H groups in total. The van der Waals surface area contributed by atoms with Gasteiger partial charge in [0.2, 0.25) is 0 Å². The highest BCUT2D eigenvalue weighted by Crippen LogP contribution is 2.21. The fraction of sp³-hybridized carbons (Fsp3) is 1.00. The van der Waals surface area contributed by atoms with Gasteiger partial charge in [-0.1, -0.05) is 20.8 Å². The molecule has 0 amide bonds. The van der Waals surface area contributed by atoms with Crippen LogP contribution in [0.4, 0.5) is 0 Å². The van der Waals surface area contributed by atoms with E-state index in [1.807, 2.05) is 20.8 Å². The van der Waals surface area contributed by atoms with E-state index >= 15 is 0 Å². The molecule has 0 aromatic heterocycles. The van der Waals surface area contributed by atoms with Gasteiger partial charge in [0.25, 0.3) is 0 Å². The highest BCUT2D eigenvalue weighted by molar-refractivity contribution is 4.74. The van der Waals surface area contributed by atoms with Crippen LogP contribution in [0, 0.1) is 10.6 Å². The summed E-state index contributed by atoms with van der Waals surface area (Å²) in [6.07, 6.45) is 0. The lowest BCUT2D eigenvalue weighted by molar-refractivity contribution is -0.103. The zero-order valence-electron chi connectivity index (χ0n) is 6.38. The molecule has 0 heterocycles. The summed E-state index contributed by atoms with van der Waals surface area (Å²) in [4.78, 5) is 0. The third kappa shape index (κ3) is 2.79. The molecular formula is C6H14NO2-. The molecule has 0 aliphatic rings. The number of rotatable bonds is 1. The van der Waals surface area contributed by atoms with E-state index in [0.717, 1.165) is 0 Å². The molecule has 0 aliphatic heterocycles. The summed E-state index contributed by atoms with van der Waals surface area (Å²) >= 11 is 0. The predicted octanol–water partition coefficient (Wildman–Crippen LogP) is 1.61. The number of hydrogen-bond acceptors (Lipinski definition) is 3. The minimum atomic E-state index is -0.350. The highest BCUT2D eigenvalue weighted by atomic mass is 16.8. The fourth-order valence-electron chi connectivity index (χ4n) is 0.331. The van der Waals surface area contributed by atoms with Gasteiger partial charge in [-0.25, -0.2) is 0 Å². The summed E-state index contributed by atoms with van der Waals surface area (Å²) in [5.41, 5.74) is -0.156. The molecule has 0 aliphatic carbocycles. The molecule has 3 nitrogen and oxygen atoms in total. The van der Waals surface area contributed by atoms with Crippen molar-refractivity contribution in [3.63, 3.8) is 0 Å². The minimum absolute atomic E-state index is 0.000000000000000222. The van der Waals surface area contributed by atoms with Crippen LogP contribution in [0.1, 0.15) is 27.7 Å². The molecule has 0 bridgehead atoms. The average Bonchev–Trinajstić information content (AvgIpc) is 1.62. The van der Waals surface area contributed by atoms with Crippen LogP contribution in [-0.4, -0.2) is 16.5 Å². The first-order chi connectivity index (χ1) is 3.85. The van der Waals surface area contributed by atoms with E-state index < -0.39 is 0 Å². The summed E-state index contributed by atoms with van der Waals surface area (Å²) in [5.74, 6) is 0. The average molecular weight is 132 g/mol. The van der Waals surface area contributed by atoms with Gasteiger partial charge in [-0.2, -0.15) is 0 Å². The van der Waals surface area contributed by atoms with Gasteiger partial charge in [-0.3, -0.25) is 5.23 Å². The maximum atomic E-state index is 10.3. The van der Waals surface area contributed by atoms with Crippen molar-refractivity contribution in [3.05, 3.63) is 5.21 Å². The van der Waals surface area contributed by atoms with Gasteiger partial charge >= 0.3 is 0 Å². The summed E-state index contributed by atoms with van der Waals surface area (Å²) in [7, 11) is 0. The summed E-state index contributed by atoms with van der Waals surface area (Å²) in [5, 5.41) is 18.7. The molecule has 56 valence electrons. The Bertz CT molecular complexity index is 85.5. The number of hydrogen-bond donors (Lipinski definition) is 1. The van der Waals surface area contributed by atoms with Crippen LogP contribution in [0.3, 0.4) is 0 Å². The van der Waals surface area contributed by atoms with Crippen LogP contribution >= 0.6 is 0 Å². The lowest BCUT2D eigenvalue weighted by Crippen LogP contribution is -2.35. The quantitative estimate of drug-likeness (QED) is 0.551. The van der Waals surface area contributed by atoms with Crippen molar-refractivity contribution in [1.29, 1.82) is 0 Å². The molecule has 0 spiro atoms. The van der Waals surface area contributed by atoms with Crippen LogP contribution in [0.2, 0.25) is 0 Å². The third-order valence-electron chi connectivity index (χ3n) is 1.58. The molecule has 0 unspecified atom stereocenters. The van der Waals surface area contributed by atoms with Crippen LogP contribution in [-0.2, 0) is 0 Å². The standard InChI is InChI=1S/C6H14NO2/c1-5(7(8)9)6(2,3)4/h5,8H,1-4H3/q-1/t5-/m0/s1. The molecular weight excluding hydrogens is 118 g/mol. The van der Waals surface area contributed by atoms with E-state index in [4.69, 9.17) is 5.21 Å². The normalized spacial score (nSPS) is 16.3. The number of hydroxylamine groups is 2. The van der Waals surface area contributed by atoms with Gasteiger partial charge in [0.1, 0.15) is 0 Å². The van der Waals surface area contributed by atoms with E-state index in [-0.39, 0.29) is 16.7 Å². The molecule has 0 aromatic rings. The molecule has 1 atom stereocenters. The Balaban J connectivity index is 3.88. The van der Waals surface area contributed by atoms with Gasteiger partial charge in [-0.15, -0.1) is 0 Å². The van der Waals surface area contributed by atoms with Crippen LogP contribution < -0.4 is 0 Å². The Hall–Kier alpha value is -0.120. The molecule has 9 heavy (non-hydrogen) atoms. The second kappa shape index (κ2) is 2.64. The van der Waals surface area contributed by atoms with Gasteiger partial charge in [-0.05, 0) is 12.3 Å². The van der Waals surface area contributed by atoms with E-state index in [1.165, 1.54) is 0 Å². The maximum Gasteiger partial charge on any atom is 0.0236 e. The first-order valence-electron chi connectivity index (χ1n) is 3.01. The van der Waals surface area contributed by atoms with Gasteiger partial charge < -0.3 is 10.4 Å². The fourth-order valence-corrected chi connectivity index (χ4v) is 0.331. The Morgan fingerprint density at radius 1 is 1.44 bits per heavy atom. The third-order valence-corrected chi connectivity index (χ3v) is 1.58. The Morgan fingerprint density at radius 3 is 1.78 bits per heavy atom. The van der Waals surface area contributed by atoms with Crippen molar-refractivity contribution in [2.45, 2.75) is 33.7 Å². The molecule has 0 aromatic carbocycles. The topological polar surface area (TPSA) is 46.5 Å².